The zero-order chi connectivity index (χ0) is 17.1. The summed E-state index contributed by atoms with van der Waals surface area (Å²) in [4.78, 5) is 1.24. The summed E-state index contributed by atoms with van der Waals surface area (Å²) in [5.41, 5.74) is 2.64. The van der Waals surface area contributed by atoms with Gasteiger partial charge in [-0.25, -0.2) is 8.78 Å². The highest BCUT2D eigenvalue weighted by atomic mass is 79.9. The lowest BCUT2D eigenvalue weighted by Gasteiger charge is -2.27. The summed E-state index contributed by atoms with van der Waals surface area (Å²) in [6.45, 7) is 2.11. The van der Waals surface area contributed by atoms with Gasteiger partial charge in [0.05, 0.1) is 6.54 Å². The van der Waals surface area contributed by atoms with E-state index in [2.05, 4.69) is 28.1 Å². The molecule has 1 aliphatic heterocycles. The predicted octanol–water partition coefficient (Wildman–Crippen LogP) is 2.11. The zero-order valence-corrected chi connectivity index (χ0v) is 14.7. The van der Waals surface area contributed by atoms with Gasteiger partial charge in [-0.05, 0) is 17.7 Å². The van der Waals surface area contributed by atoms with Crippen LogP contribution in [0.4, 0.5) is 8.78 Å². The summed E-state index contributed by atoms with van der Waals surface area (Å²) in [5.74, 6) is -2.02. The molecule has 1 aliphatic rings. The molecule has 0 amide bonds. The normalized spacial score (nSPS) is 18.1. The maximum Gasteiger partial charge on any atom is 0.190 e. The number of quaternary nitrogens is 1. The summed E-state index contributed by atoms with van der Waals surface area (Å²) in [5, 5.41) is 10.1. The highest BCUT2D eigenvalue weighted by Gasteiger charge is 2.22. The maximum atomic E-state index is 13.7. The average molecular weight is 399 g/mol. The van der Waals surface area contributed by atoms with Crippen LogP contribution in [0.5, 0.6) is 5.75 Å². The minimum absolute atomic E-state index is 0.138. The first-order chi connectivity index (χ1) is 11.5. The monoisotopic (exact) mass is 398 g/mol. The fraction of sp³-hybridized carbons (Fsp3) is 0.333. The van der Waals surface area contributed by atoms with Gasteiger partial charge in [0.15, 0.2) is 17.4 Å². The molecule has 1 heterocycles. The number of ether oxygens (including phenoxy) is 1. The van der Waals surface area contributed by atoms with Crippen LogP contribution < -0.4 is 9.64 Å². The Kier molecular flexibility index (Phi) is 5.48. The molecular weight excluding hydrogens is 380 g/mol. The summed E-state index contributed by atoms with van der Waals surface area (Å²) in [6, 6.07) is 10.6. The molecule has 2 aromatic carbocycles. The van der Waals surface area contributed by atoms with Gasteiger partial charge in [-0.15, -0.1) is 0 Å². The van der Waals surface area contributed by atoms with Gasteiger partial charge >= 0.3 is 0 Å². The molecule has 3 rings (SSSR count). The number of fused-ring (bicyclic) bond motifs is 1. The molecule has 3 nitrogen and oxygen atoms in total. The van der Waals surface area contributed by atoms with Crippen LogP contribution in [0.1, 0.15) is 11.1 Å². The molecule has 24 heavy (non-hydrogen) atoms. The van der Waals surface area contributed by atoms with Crippen LogP contribution in [0.25, 0.3) is 0 Å². The van der Waals surface area contributed by atoms with E-state index in [4.69, 9.17) is 4.74 Å². The fourth-order valence-electron chi connectivity index (χ4n) is 3.06. The van der Waals surface area contributed by atoms with Crippen LogP contribution in [0.2, 0.25) is 0 Å². The maximum absolute atomic E-state index is 13.7. The summed E-state index contributed by atoms with van der Waals surface area (Å²) < 4.78 is 32.9. The lowest BCUT2D eigenvalue weighted by atomic mass is 10.00. The Morgan fingerprint density at radius 2 is 1.83 bits per heavy atom. The van der Waals surface area contributed by atoms with Gasteiger partial charge in [-0.2, -0.15) is 0 Å². The molecule has 0 spiro atoms. The van der Waals surface area contributed by atoms with Crippen LogP contribution in [0.3, 0.4) is 0 Å². The van der Waals surface area contributed by atoms with Crippen molar-refractivity contribution in [2.45, 2.75) is 19.1 Å². The molecule has 2 aromatic rings. The van der Waals surface area contributed by atoms with E-state index in [0.29, 0.717) is 11.0 Å². The minimum atomic E-state index is -0.785. The van der Waals surface area contributed by atoms with Crippen molar-refractivity contribution in [3.63, 3.8) is 0 Å². The van der Waals surface area contributed by atoms with Crippen molar-refractivity contribution in [3.05, 3.63) is 63.6 Å². The van der Waals surface area contributed by atoms with Gasteiger partial charge in [-0.3, -0.25) is 0 Å². The number of aliphatic hydroxyl groups is 1. The molecule has 0 saturated heterocycles. The van der Waals surface area contributed by atoms with Gasteiger partial charge in [0, 0.05) is 16.5 Å². The van der Waals surface area contributed by atoms with Crippen molar-refractivity contribution in [2.75, 3.05) is 19.7 Å². The Bertz CT molecular complexity index is 703. The lowest BCUT2D eigenvalue weighted by molar-refractivity contribution is -0.918. The van der Waals surface area contributed by atoms with Gasteiger partial charge in [0.25, 0.3) is 0 Å². The van der Waals surface area contributed by atoms with Crippen molar-refractivity contribution in [2.24, 2.45) is 0 Å². The Balaban J connectivity index is 1.55. The molecule has 0 bridgehead atoms. The van der Waals surface area contributed by atoms with Gasteiger partial charge in [-0.1, -0.05) is 40.2 Å². The molecule has 1 unspecified atom stereocenters. The first kappa shape index (κ1) is 17.3. The van der Waals surface area contributed by atoms with Crippen LogP contribution in [-0.2, 0) is 13.0 Å². The number of hydrogen-bond donors (Lipinski definition) is 2. The van der Waals surface area contributed by atoms with Crippen LogP contribution >= 0.6 is 15.9 Å². The average Bonchev–Trinajstić information content (AvgIpc) is 2.53. The van der Waals surface area contributed by atoms with E-state index in [1.165, 1.54) is 16.0 Å². The molecule has 0 radical (unpaired) electrons. The smallest absolute Gasteiger partial charge is 0.190 e. The second-order valence-corrected chi connectivity index (χ2v) is 6.98. The largest absolute Gasteiger partial charge is 0.485 e. The van der Waals surface area contributed by atoms with Gasteiger partial charge in [0.2, 0.25) is 0 Å². The quantitative estimate of drug-likeness (QED) is 0.808. The van der Waals surface area contributed by atoms with Crippen LogP contribution in [-0.4, -0.2) is 30.9 Å². The third kappa shape index (κ3) is 4.12. The fourth-order valence-corrected chi connectivity index (χ4v) is 3.46. The summed E-state index contributed by atoms with van der Waals surface area (Å²) in [6.07, 6.45) is 0.183. The standard InChI is InChI=1S/C18H18BrF2NO2/c19-14-7-16(20)18(17(21)8-14)24-11-15(23)10-22-6-5-12-3-1-2-4-13(12)9-22/h1-4,7-8,15,23H,5-6,9-11H2/p+1/t15-/m1/s1. The first-order valence-electron chi connectivity index (χ1n) is 7.88. The zero-order valence-electron chi connectivity index (χ0n) is 13.1. The Labute approximate surface area is 148 Å². The molecule has 0 aliphatic carbocycles. The van der Waals surface area contributed by atoms with Gasteiger partial charge in [0.1, 0.15) is 25.8 Å². The van der Waals surface area contributed by atoms with E-state index >= 15 is 0 Å². The van der Waals surface area contributed by atoms with Gasteiger partial charge < -0.3 is 14.7 Å². The lowest BCUT2D eigenvalue weighted by Crippen LogP contribution is -3.13. The van der Waals surface area contributed by atoms with Crippen molar-refractivity contribution < 1.29 is 23.5 Å². The molecule has 0 aromatic heterocycles. The third-order valence-electron chi connectivity index (χ3n) is 4.21. The van der Waals surface area contributed by atoms with Crippen molar-refractivity contribution in [1.82, 2.24) is 0 Å². The number of aliphatic hydroxyl groups excluding tert-OH is 1. The minimum Gasteiger partial charge on any atom is -0.485 e. The number of benzene rings is 2. The third-order valence-corrected chi connectivity index (χ3v) is 4.67. The second kappa shape index (κ2) is 7.59. The molecule has 0 fully saturated rings. The van der Waals surface area contributed by atoms with Crippen LogP contribution in [0.15, 0.2) is 40.9 Å². The highest BCUT2D eigenvalue weighted by molar-refractivity contribution is 9.10. The number of halogens is 3. The predicted molar refractivity (Wildman–Crippen MR) is 90.1 cm³/mol. The SMILES string of the molecule is O[C@@H](COc1c(F)cc(Br)cc1F)C[NH+]1CCc2ccccc2C1. The summed E-state index contributed by atoms with van der Waals surface area (Å²) in [7, 11) is 0. The van der Waals surface area contributed by atoms with E-state index in [9.17, 15) is 13.9 Å². The molecular formula is C18H19BrF2NO2+. The Morgan fingerprint density at radius 1 is 1.17 bits per heavy atom. The van der Waals surface area contributed by atoms with Crippen molar-refractivity contribution in [3.8, 4) is 5.75 Å². The van der Waals surface area contributed by atoms with E-state index in [0.717, 1.165) is 31.6 Å². The number of rotatable bonds is 5. The van der Waals surface area contributed by atoms with E-state index in [1.807, 2.05) is 12.1 Å². The van der Waals surface area contributed by atoms with Crippen molar-refractivity contribution >= 4 is 15.9 Å². The Morgan fingerprint density at radius 3 is 2.54 bits per heavy atom. The molecule has 128 valence electrons. The molecule has 2 N–H and O–H groups in total. The van der Waals surface area contributed by atoms with Crippen LogP contribution in [0, 0.1) is 11.6 Å². The number of hydrogen-bond acceptors (Lipinski definition) is 2. The molecule has 2 atom stereocenters. The highest BCUT2D eigenvalue weighted by Crippen LogP contribution is 2.25. The number of nitrogens with one attached hydrogen (secondary N) is 1. The second-order valence-electron chi connectivity index (χ2n) is 6.06. The molecule has 6 heteroatoms. The van der Waals surface area contributed by atoms with E-state index in [1.54, 1.807) is 0 Å². The summed E-state index contributed by atoms with van der Waals surface area (Å²) >= 11 is 3.02. The topological polar surface area (TPSA) is 33.9 Å². The van der Waals surface area contributed by atoms with E-state index < -0.39 is 23.5 Å². The van der Waals surface area contributed by atoms with Crippen molar-refractivity contribution in [1.29, 1.82) is 0 Å². The Hall–Kier alpha value is -1.50. The first-order valence-corrected chi connectivity index (χ1v) is 8.68. The molecule has 0 saturated carbocycles. The van der Waals surface area contributed by atoms with E-state index in [-0.39, 0.29) is 6.61 Å².